The summed E-state index contributed by atoms with van der Waals surface area (Å²) in [6.07, 6.45) is 0.0351. The molecule has 0 radical (unpaired) electrons. The minimum absolute atomic E-state index is 0.0351. The highest BCUT2D eigenvalue weighted by atomic mass is 16.6. The molecule has 2 aromatic rings. The second-order valence-corrected chi connectivity index (χ2v) is 5.99. The molecule has 0 bridgehead atoms. The summed E-state index contributed by atoms with van der Waals surface area (Å²) < 4.78 is 0. The number of benzene rings is 2. The summed E-state index contributed by atoms with van der Waals surface area (Å²) in [4.78, 5) is 48.1. The number of carbonyl (C=O) groups is 3. The van der Waals surface area contributed by atoms with Gasteiger partial charge >= 0.3 is 0 Å². The van der Waals surface area contributed by atoms with Gasteiger partial charge < -0.3 is 4.90 Å². The van der Waals surface area contributed by atoms with Gasteiger partial charge in [-0.05, 0) is 18.2 Å². The molecular formula is C18H16N4O5. The molecule has 1 aliphatic heterocycles. The molecule has 3 rings (SSSR count). The van der Waals surface area contributed by atoms with Crippen LogP contribution in [0.25, 0.3) is 0 Å². The molecule has 0 saturated carbocycles. The predicted molar refractivity (Wildman–Crippen MR) is 95.6 cm³/mol. The Bertz CT molecular complexity index is 900. The zero-order chi connectivity index (χ0) is 19.4. The van der Waals surface area contributed by atoms with Crippen molar-refractivity contribution < 1.29 is 19.3 Å². The van der Waals surface area contributed by atoms with E-state index in [1.54, 1.807) is 24.3 Å². The first-order chi connectivity index (χ1) is 13.0. The molecule has 0 aliphatic carbocycles. The molecule has 9 nitrogen and oxygen atoms in total. The quantitative estimate of drug-likeness (QED) is 0.624. The average molecular weight is 368 g/mol. The molecule has 3 amide bonds. The van der Waals surface area contributed by atoms with Crippen molar-refractivity contribution in [2.24, 2.45) is 5.92 Å². The number of nitro groups is 1. The number of non-ortho nitro benzene ring substituents is 1. The molecule has 1 atom stereocenters. The molecule has 27 heavy (non-hydrogen) atoms. The van der Waals surface area contributed by atoms with Crippen molar-refractivity contribution in [1.82, 2.24) is 10.9 Å². The third-order valence-corrected chi connectivity index (χ3v) is 4.18. The lowest BCUT2D eigenvalue weighted by atomic mass is 10.1. The van der Waals surface area contributed by atoms with E-state index in [0.717, 1.165) is 6.07 Å². The van der Waals surface area contributed by atoms with Crippen LogP contribution in [-0.4, -0.2) is 29.2 Å². The van der Waals surface area contributed by atoms with Gasteiger partial charge in [0.05, 0.1) is 10.8 Å². The lowest BCUT2D eigenvalue weighted by Crippen LogP contribution is -2.45. The number of nitrogens with zero attached hydrogens (tertiary/aromatic N) is 2. The van der Waals surface area contributed by atoms with E-state index in [9.17, 15) is 24.5 Å². The van der Waals surface area contributed by atoms with Gasteiger partial charge in [0.1, 0.15) is 0 Å². The van der Waals surface area contributed by atoms with Gasteiger partial charge in [-0.1, -0.05) is 24.3 Å². The molecule has 1 fully saturated rings. The van der Waals surface area contributed by atoms with Crippen LogP contribution in [0.15, 0.2) is 54.6 Å². The Morgan fingerprint density at radius 2 is 1.81 bits per heavy atom. The van der Waals surface area contributed by atoms with Crippen LogP contribution in [-0.2, 0) is 9.59 Å². The van der Waals surface area contributed by atoms with E-state index in [1.807, 2.05) is 6.07 Å². The summed E-state index contributed by atoms with van der Waals surface area (Å²) in [5.41, 5.74) is 5.02. The molecule has 1 heterocycles. The summed E-state index contributed by atoms with van der Waals surface area (Å²) in [7, 11) is 0. The highest BCUT2D eigenvalue weighted by Crippen LogP contribution is 2.24. The third kappa shape index (κ3) is 4.09. The second-order valence-electron chi connectivity index (χ2n) is 5.99. The molecule has 2 aromatic carbocycles. The molecule has 0 aromatic heterocycles. The normalized spacial score (nSPS) is 16.1. The molecule has 1 saturated heterocycles. The number of carbonyl (C=O) groups excluding carboxylic acids is 3. The summed E-state index contributed by atoms with van der Waals surface area (Å²) in [6, 6.07) is 14.1. The summed E-state index contributed by atoms with van der Waals surface area (Å²) in [6.45, 7) is 0.210. The van der Waals surface area contributed by atoms with Crippen molar-refractivity contribution in [3.05, 3.63) is 70.3 Å². The first-order valence-electron chi connectivity index (χ1n) is 8.16. The molecule has 2 N–H and O–H groups in total. The van der Waals surface area contributed by atoms with Crippen LogP contribution in [0.3, 0.4) is 0 Å². The van der Waals surface area contributed by atoms with Gasteiger partial charge in [-0.25, -0.2) is 0 Å². The maximum absolute atomic E-state index is 12.3. The standard InChI is InChI=1S/C18H16N4O5/c23-16-10-13(11-21(16)14-6-2-1-3-7-14)18(25)20-19-17(24)12-5-4-8-15(9-12)22(26)27/h1-9,13H,10-11H2,(H,19,24)(H,20,25)/t13-/m1/s1. The Balaban J connectivity index is 1.58. The van der Waals surface area contributed by atoms with Crippen molar-refractivity contribution in [2.75, 3.05) is 11.4 Å². The number of hydrogen-bond acceptors (Lipinski definition) is 5. The van der Waals surface area contributed by atoms with E-state index in [0.29, 0.717) is 5.69 Å². The van der Waals surface area contributed by atoms with Gasteiger partial charge in [0.2, 0.25) is 11.8 Å². The maximum atomic E-state index is 12.3. The second kappa shape index (κ2) is 7.65. The Morgan fingerprint density at radius 3 is 2.52 bits per heavy atom. The smallest absolute Gasteiger partial charge is 0.270 e. The van der Waals surface area contributed by atoms with Crippen LogP contribution in [0, 0.1) is 16.0 Å². The molecule has 138 valence electrons. The number of nitro benzene ring substituents is 1. The number of hydrogen-bond donors (Lipinski definition) is 2. The topological polar surface area (TPSA) is 122 Å². The third-order valence-electron chi connectivity index (χ3n) is 4.18. The van der Waals surface area contributed by atoms with Gasteiger partial charge in [-0.15, -0.1) is 0 Å². The fourth-order valence-corrected chi connectivity index (χ4v) is 2.79. The van der Waals surface area contributed by atoms with Crippen LogP contribution in [0.5, 0.6) is 0 Å². The summed E-state index contributed by atoms with van der Waals surface area (Å²) >= 11 is 0. The highest BCUT2D eigenvalue weighted by Gasteiger charge is 2.35. The SMILES string of the molecule is O=C(NNC(=O)[C@@H]1CC(=O)N(c2ccccc2)C1)c1cccc([N+](=O)[O-])c1. The largest absolute Gasteiger partial charge is 0.312 e. The molecular weight excluding hydrogens is 352 g/mol. The minimum atomic E-state index is -0.684. The number of anilines is 1. The van der Waals surface area contributed by atoms with Crippen molar-refractivity contribution >= 4 is 29.1 Å². The monoisotopic (exact) mass is 368 g/mol. The summed E-state index contributed by atoms with van der Waals surface area (Å²) in [5.74, 6) is -1.97. The van der Waals surface area contributed by atoms with Crippen LogP contribution in [0.2, 0.25) is 0 Å². The molecule has 0 unspecified atom stereocenters. The van der Waals surface area contributed by atoms with Gasteiger partial charge in [-0.3, -0.25) is 35.3 Å². The van der Waals surface area contributed by atoms with E-state index in [1.165, 1.54) is 23.1 Å². The minimum Gasteiger partial charge on any atom is -0.312 e. The van der Waals surface area contributed by atoms with Gasteiger partial charge in [-0.2, -0.15) is 0 Å². The van der Waals surface area contributed by atoms with Gasteiger partial charge in [0, 0.05) is 36.3 Å². The number of para-hydroxylation sites is 1. The van der Waals surface area contributed by atoms with Crippen molar-refractivity contribution in [1.29, 1.82) is 0 Å². The zero-order valence-corrected chi connectivity index (χ0v) is 14.1. The van der Waals surface area contributed by atoms with E-state index in [2.05, 4.69) is 10.9 Å². The van der Waals surface area contributed by atoms with E-state index >= 15 is 0 Å². The molecule has 9 heteroatoms. The Hall–Kier alpha value is -3.75. The van der Waals surface area contributed by atoms with Crippen LogP contribution < -0.4 is 15.8 Å². The first kappa shape index (κ1) is 18.1. The van der Waals surface area contributed by atoms with Gasteiger partial charge in [0.25, 0.3) is 11.6 Å². The number of rotatable bonds is 4. The molecule has 0 spiro atoms. The Labute approximate surface area is 154 Å². The number of nitrogens with one attached hydrogen (secondary N) is 2. The predicted octanol–water partition coefficient (Wildman–Crippen LogP) is 1.41. The lowest BCUT2D eigenvalue weighted by molar-refractivity contribution is -0.384. The highest BCUT2D eigenvalue weighted by molar-refractivity contribution is 6.01. The van der Waals surface area contributed by atoms with Crippen LogP contribution >= 0.6 is 0 Å². The van der Waals surface area contributed by atoms with E-state index < -0.39 is 22.7 Å². The number of amides is 3. The number of hydrazine groups is 1. The van der Waals surface area contributed by atoms with Crippen LogP contribution in [0.4, 0.5) is 11.4 Å². The lowest BCUT2D eigenvalue weighted by Gasteiger charge is -2.16. The fourth-order valence-electron chi connectivity index (χ4n) is 2.79. The van der Waals surface area contributed by atoms with Gasteiger partial charge in [0.15, 0.2) is 0 Å². The van der Waals surface area contributed by atoms with Crippen LogP contribution in [0.1, 0.15) is 16.8 Å². The fraction of sp³-hybridized carbons (Fsp3) is 0.167. The maximum Gasteiger partial charge on any atom is 0.270 e. The van der Waals surface area contributed by atoms with Crippen molar-refractivity contribution in [3.63, 3.8) is 0 Å². The average Bonchev–Trinajstić information content (AvgIpc) is 3.08. The van der Waals surface area contributed by atoms with Crippen molar-refractivity contribution in [3.8, 4) is 0 Å². The van der Waals surface area contributed by atoms with E-state index in [-0.39, 0.29) is 30.1 Å². The first-order valence-corrected chi connectivity index (χ1v) is 8.16. The Morgan fingerprint density at radius 1 is 1.07 bits per heavy atom. The molecule has 1 aliphatic rings. The Kier molecular flexibility index (Phi) is 5.11. The summed E-state index contributed by atoms with van der Waals surface area (Å²) in [5, 5.41) is 10.8. The van der Waals surface area contributed by atoms with E-state index in [4.69, 9.17) is 0 Å². The zero-order valence-electron chi connectivity index (χ0n) is 14.1. The van der Waals surface area contributed by atoms with Crippen molar-refractivity contribution in [2.45, 2.75) is 6.42 Å².